The summed E-state index contributed by atoms with van der Waals surface area (Å²) in [5, 5.41) is 19.4. The fourth-order valence-electron chi connectivity index (χ4n) is 2.47. The van der Waals surface area contributed by atoms with Crippen LogP contribution in [-0.4, -0.2) is 39.4 Å². The summed E-state index contributed by atoms with van der Waals surface area (Å²) in [6.45, 7) is 0.398. The summed E-state index contributed by atoms with van der Waals surface area (Å²) in [5.41, 5.74) is -0.717. The molecule has 1 fully saturated rings. The zero-order chi connectivity index (χ0) is 15.6. The zero-order valence-corrected chi connectivity index (χ0v) is 11.0. The maximum Gasteiger partial charge on any atom is 0.305 e. The van der Waals surface area contributed by atoms with Crippen molar-refractivity contribution in [2.24, 2.45) is 0 Å². The first-order valence-corrected chi connectivity index (χ1v) is 6.37. The smallest absolute Gasteiger partial charge is 0.305 e. The van der Waals surface area contributed by atoms with E-state index in [1.54, 1.807) is 0 Å². The second-order valence-electron chi connectivity index (χ2n) is 4.82. The first-order valence-electron chi connectivity index (χ1n) is 6.37. The van der Waals surface area contributed by atoms with E-state index >= 15 is 0 Å². The number of carbonyl (C=O) groups is 2. The Morgan fingerprint density at radius 2 is 2.19 bits per heavy atom. The Morgan fingerprint density at radius 3 is 2.76 bits per heavy atom. The third-order valence-electron chi connectivity index (χ3n) is 3.44. The summed E-state index contributed by atoms with van der Waals surface area (Å²) >= 11 is 0. The van der Waals surface area contributed by atoms with Gasteiger partial charge in [-0.2, -0.15) is 4.39 Å². The van der Waals surface area contributed by atoms with Gasteiger partial charge in [-0.1, -0.05) is 0 Å². The van der Waals surface area contributed by atoms with Crippen molar-refractivity contribution in [3.8, 4) is 0 Å². The highest BCUT2D eigenvalue weighted by atomic mass is 19.1. The predicted molar refractivity (Wildman–Crippen MR) is 69.4 cm³/mol. The Kier molecular flexibility index (Phi) is 4.15. The number of aliphatic carboxylic acids is 1. The number of nitro benzene ring substituents is 1. The van der Waals surface area contributed by atoms with E-state index in [9.17, 15) is 24.1 Å². The van der Waals surface area contributed by atoms with Crippen LogP contribution in [0.15, 0.2) is 18.2 Å². The molecule has 0 saturated carbocycles. The number of carbonyl (C=O) groups excluding carboxylic acids is 1. The van der Waals surface area contributed by atoms with Crippen LogP contribution in [0.25, 0.3) is 0 Å². The molecule has 21 heavy (non-hydrogen) atoms. The molecule has 0 bridgehead atoms. The van der Waals surface area contributed by atoms with Crippen molar-refractivity contribution in [3.05, 3.63) is 39.7 Å². The fourth-order valence-corrected chi connectivity index (χ4v) is 2.47. The van der Waals surface area contributed by atoms with Crippen molar-refractivity contribution in [1.82, 2.24) is 4.90 Å². The van der Waals surface area contributed by atoms with Gasteiger partial charge in [-0.25, -0.2) is 0 Å². The van der Waals surface area contributed by atoms with Gasteiger partial charge in [0, 0.05) is 24.2 Å². The number of likely N-dealkylation sites (tertiary alicyclic amines) is 1. The summed E-state index contributed by atoms with van der Waals surface area (Å²) in [5.74, 6) is -2.60. The molecule has 8 heteroatoms. The van der Waals surface area contributed by atoms with Crippen LogP contribution < -0.4 is 0 Å². The molecule has 1 aromatic rings. The van der Waals surface area contributed by atoms with Crippen LogP contribution >= 0.6 is 0 Å². The Labute approximate surface area is 119 Å². The van der Waals surface area contributed by atoms with Gasteiger partial charge < -0.3 is 10.0 Å². The molecule has 1 heterocycles. The molecule has 1 atom stereocenters. The molecule has 0 aliphatic carbocycles. The minimum Gasteiger partial charge on any atom is -0.481 e. The van der Waals surface area contributed by atoms with Crippen LogP contribution in [-0.2, 0) is 4.79 Å². The second-order valence-corrected chi connectivity index (χ2v) is 4.82. The van der Waals surface area contributed by atoms with Crippen molar-refractivity contribution in [3.63, 3.8) is 0 Å². The molecule has 0 spiro atoms. The topological polar surface area (TPSA) is 101 Å². The zero-order valence-electron chi connectivity index (χ0n) is 11.0. The van der Waals surface area contributed by atoms with Crippen LogP contribution in [0.5, 0.6) is 0 Å². The lowest BCUT2D eigenvalue weighted by molar-refractivity contribution is -0.387. The van der Waals surface area contributed by atoms with Gasteiger partial charge in [0.05, 0.1) is 11.3 Å². The second kappa shape index (κ2) is 5.86. The average Bonchev–Trinajstić information content (AvgIpc) is 2.84. The number of hydrogen-bond donors (Lipinski definition) is 1. The number of nitro groups is 1. The van der Waals surface area contributed by atoms with Gasteiger partial charge in [0.1, 0.15) is 0 Å². The number of benzene rings is 1. The van der Waals surface area contributed by atoms with Gasteiger partial charge in [-0.3, -0.25) is 19.7 Å². The molecule has 1 amide bonds. The van der Waals surface area contributed by atoms with E-state index in [1.807, 2.05) is 0 Å². The van der Waals surface area contributed by atoms with Crippen LogP contribution in [0.3, 0.4) is 0 Å². The Hall–Kier alpha value is -2.51. The van der Waals surface area contributed by atoms with E-state index in [0.717, 1.165) is 12.1 Å². The molecule has 112 valence electrons. The van der Waals surface area contributed by atoms with Crippen molar-refractivity contribution in [2.75, 3.05) is 6.54 Å². The molecule has 7 nitrogen and oxygen atoms in total. The minimum atomic E-state index is -1.08. The SMILES string of the molecule is O=C(O)CC1CCCN1C(=O)c1ccc([N+](=O)[O-])c(F)c1. The van der Waals surface area contributed by atoms with Gasteiger partial charge in [-0.05, 0) is 25.0 Å². The Bertz CT molecular complexity index is 604. The van der Waals surface area contributed by atoms with E-state index in [4.69, 9.17) is 5.11 Å². The van der Waals surface area contributed by atoms with Crippen LogP contribution in [0.4, 0.5) is 10.1 Å². The molecule has 0 radical (unpaired) electrons. The number of carboxylic acids is 1. The van der Waals surface area contributed by atoms with Crippen LogP contribution in [0, 0.1) is 15.9 Å². The van der Waals surface area contributed by atoms with Crippen molar-refractivity contribution in [1.29, 1.82) is 0 Å². The van der Waals surface area contributed by atoms with Gasteiger partial charge in [0.2, 0.25) is 5.82 Å². The highest BCUT2D eigenvalue weighted by Crippen LogP contribution is 2.24. The van der Waals surface area contributed by atoms with Crippen LogP contribution in [0.1, 0.15) is 29.6 Å². The van der Waals surface area contributed by atoms with Gasteiger partial charge in [0.15, 0.2) is 0 Å². The Morgan fingerprint density at radius 1 is 1.48 bits per heavy atom. The lowest BCUT2D eigenvalue weighted by Gasteiger charge is -2.23. The molecule has 0 aromatic heterocycles. The monoisotopic (exact) mass is 296 g/mol. The third-order valence-corrected chi connectivity index (χ3v) is 3.44. The number of halogens is 1. The fraction of sp³-hybridized carbons (Fsp3) is 0.385. The highest BCUT2D eigenvalue weighted by molar-refractivity contribution is 5.95. The minimum absolute atomic E-state index is 0.0182. The van der Waals surface area contributed by atoms with Crippen LogP contribution in [0.2, 0.25) is 0 Å². The molecule has 1 saturated heterocycles. The van der Waals surface area contributed by atoms with Gasteiger partial charge >= 0.3 is 11.7 Å². The molecule has 1 aliphatic heterocycles. The maximum absolute atomic E-state index is 13.5. The quantitative estimate of drug-likeness (QED) is 0.674. The summed E-state index contributed by atoms with van der Waals surface area (Å²) in [6, 6.07) is 2.51. The normalized spacial score (nSPS) is 17.8. The lowest BCUT2D eigenvalue weighted by Crippen LogP contribution is -2.36. The van der Waals surface area contributed by atoms with E-state index in [0.29, 0.717) is 19.4 Å². The Balaban J connectivity index is 2.21. The van der Waals surface area contributed by atoms with Crippen molar-refractivity contribution < 1.29 is 24.0 Å². The molecular weight excluding hydrogens is 283 g/mol. The molecule has 1 aromatic carbocycles. The lowest BCUT2D eigenvalue weighted by atomic mass is 10.1. The van der Waals surface area contributed by atoms with Gasteiger partial charge in [-0.15, -0.1) is 0 Å². The molecule has 2 rings (SSSR count). The maximum atomic E-state index is 13.5. The molecule has 1 unspecified atom stereocenters. The van der Waals surface area contributed by atoms with E-state index in [1.165, 1.54) is 11.0 Å². The first-order chi connectivity index (χ1) is 9.90. The standard InChI is InChI=1S/C13H13FN2O5/c14-10-6-8(3-4-11(10)16(20)21)13(19)15-5-1-2-9(15)7-12(17)18/h3-4,6,9H,1-2,5,7H2,(H,17,18). The van der Waals surface area contributed by atoms with E-state index in [-0.39, 0.29) is 12.0 Å². The highest BCUT2D eigenvalue weighted by Gasteiger charge is 2.31. The summed E-state index contributed by atoms with van der Waals surface area (Å²) in [4.78, 5) is 34.1. The summed E-state index contributed by atoms with van der Waals surface area (Å²) in [7, 11) is 0. The van der Waals surface area contributed by atoms with Crippen molar-refractivity contribution >= 4 is 17.6 Å². The largest absolute Gasteiger partial charge is 0.481 e. The van der Waals surface area contributed by atoms with Gasteiger partial charge in [0.25, 0.3) is 5.91 Å². The molecule has 1 aliphatic rings. The van der Waals surface area contributed by atoms with E-state index < -0.39 is 34.3 Å². The van der Waals surface area contributed by atoms with E-state index in [2.05, 4.69) is 0 Å². The average molecular weight is 296 g/mol. The summed E-state index contributed by atoms with van der Waals surface area (Å²) < 4.78 is 13.5. The number of amides is 1. The molecular formula is C13H13FN2O5. The summed E-state index contributed by atoms with van der Waals surface area (Å²) in [6.07, 6.45) is 1.09. The predicted octanol–water partition coefficient (Wildman–Crippen LogP) is 1.81. The number of rotatable bonds is 4. The third kappa shape index (κ3) is 3.15. The number of hydrogen-bond acceptors (Lipinski definition) is 4. The number of carboxylic acid groups (broad SMARTS) is 1. The first kappa shape index (κ1) is 14.9. The van der Waals surface area contributed by atoms with Crippen molar-refractivity contribution in [2.45, 2.75) is 25.3 Å². The molecule has 1 N–H and O–H groups in total. The number of nitrogens with zero attached hydrogens (tertiary/aromatic N) is 2.